The van der Waals surface area contributed by atoms with Crippen molar-refractivity contribution < 1.29 is 9.59 Å². The van der Waals surface area contributed by atoms with E-state index in [9.17, 15) is 9.59 Å². The summed E-state index contributed by atoms with van der Waals surface area (Å²) in [7, 11) is 1.90. The molecule has 2 aliphatic rings. The number of carbonyl (C=O) groups excluding carboxylic acids is 2. The zero-order chi connectivity index (χ0) is 18.8. The van der Waals surface area contributed by atoms with Gasteiger partial charge < -0.3 is 10.2 Å². The van der Waals surface area contributed by atoms with E-state index in [1.54, 1.807) is 18.3 Å². The van der Waals surface area contributed by atoms with Crippen LogP contribution < -0.4 is 5.32 Å². The number of benzene rings is 1. The molecule has 1 aromatic carbocycles. The Bertz CT molecular complexity index is 922. The van der Waals surface area contributed by atoms with Crippen LogP contribution in [0.1, 0.15) is 22.3 Å². The number of pyridine rings is 1. The molecule has 2 aromatic rings. The third-order valence-corrected chi connectivity index (χ3v) is 4.96. The number of hydrogen-bond acceptors (Lipinski definition) is 4. The van der Waals surface area contributed by atoms with Crippen molar-refractivity contribution in [2.75, 3.05) is 25.5 Å². The van der Waals surface area contributed by atoms with Gasteiger partial charge in [0.15, 0.2) is 0 Å². The standard InChI is InChI=1S/C21H22N4O2/c1-24-12-18-10-15(11-22-21(18)23-19(26)14-24)6-7-20(27)25-9-8-16-4-2-3-5-17(16)13-25/h2-7,10-11H,8-9,12-14H2,1H3,(H,22,23,26). The number of nitrogens with one attached hydrogen (secondary N) is 1. The number of aromatic nitrogens is 1. The Hall–Kier alpha value is -2.99. The van der Waals surface area contributed by atoms with Crippen LogP contribution >= 0.6 is 0 Å². The maximum Gasteiger partial charge on any atom is 0.246 e. The number of hydrogen-bond donors (Lipinski definition) is 1. The van der Waals surface area contributed by atoms with E-state index < -0.39 is 0 Å². The van der Waals surface area contributed by atoms with Gasteiger partial charge in [0.1, 0.15) is 5.82 Å². The van der Waals surface area contributed by atoms with Crippen molar-refractivity contribution in [1.82, 2.24) is 14.8 Å². The molecule has 138 valence electrons. The molecule has 2 aliphatic heterocycles. The molecule has 0 bridgehead atoms. The van der Waals surface area contributed by atoms with Gasteiger partial charge in [0.2, 0.25) is 11.8 Å². The predicted octanol–water partition coefficient (Wildman–Crippen LogP) is 2.06. The minimum Gasteiger partial charge on any atom is -0.334 e. The second-order valence-corrected chi connectivity index (χ2v) is 7.11. The van der Waals surface area contributed by atoms with Gasteiger partial charge in [-0.25, -0.2) is 4.98 Å². The lowest BCUT2D eigenvalue weighted by atomic mass is 10.00. The minimum absolute atomic E-state index is 0.00451. The minimum atomic E-state index is -0.0624. The van der Waals surface area contributed by atoms with Crippen molar-refractivity contribution in [3.05, 3.63) is 64.9 Å². The SMILES string of the molecule is CN1CC(=O)Nc2ncc(C=CC(=O)N3CCc4ccccc4C3)cc2C1. The summed E-state index contributed by atoms with van der Waals surface area (Å²) in [6.45, 7) is 2.37. The Morgan fingerprint density at radius 2 is 1.96 bits per heavy atom. The maximum absolute atomic E-state index is 12.6. The molecule has 1 N–H and O–H groups in total. The third-order valence-electron chi connectivity index (χ3n) is 4.96. The summed E-state index contributed by atoms with van der Waals surface area (Å²) < 4.78 is 0. The Kier molecular flexibility index (Phi) is 4.73. The first-order valence-corrected chi connectivity index (χ1v) is 9.09. The molecule has 0 saturated heterocycles. The summed E-state index contributed by atoms with van der Waals surface area (Å²) in [5.41, 5.74) is 4.34. The molecular formula is C21H22N4O2. The molecule has 1 aromatic heterocycles. The topological polar surface area (TPSA) is 65.5 Å². The van der Waals surface area contributed by atoms with Crippen LogP contribution in [0.25, 0.3) is 6.08 Å². The van der Waals surface area contributed by atoms with E-state index in [1.165, 1.54) is 11.1 Å². The van der Waals surface area contributed by atoms with Crippen molar-refractivity contribution in [2.45, 2.75) is 19.5 Å². The summed E-state index contributed by atoms with van der Waals surface area (Å²) in [5.74, 6) is 0.540. The summed E-state index contributed by atoms with van der Waals surface area (Å²) in [6.07, 6.45) is 5.97. The number of nitrogens with zero attached hydrogens (tertiary/aromatic N) is 3. The third kappa shape index (κ3) is 3.90. The lowest BCUT2D eigenvalue weighted by molar-refractivity contribution is -0.126. The maximum atomic E-state index is 12.6. The highest BCUT2D eigenvalue weighted by atomic mass is 16.2. The van der Waals surface area contributed by atoms with E-state index in [4.69, 9.17) is 0 Å². The van der Waals surface area contributed by atoms with Crippen molar-refractivity contribution >= 4 is 23.7 Å². The largest absolute Gasteiger partial charge is 0.334 e. The van der Waals surface area contributed by atoms with Gasteiger partial charge in [-0.15, -0.1) is 0 Å². The van der Waals surface area contributed by atoms with Gasteiger partial charge in [-0.2, -0.15) is 0 Å². The van der Waals surface area contributed by atoms with Gasteiger partial charge >= 0.3 is 0 Å². The fourth-order valence-electron chi connectivity index (χ4n) is 3.57. The summed E-state index contributed by atoms with van der Waals surface area (Å²) in [6, 6.07) is 10.2. The second kappa shape index (κ2) is 7.32. The lowest BCUT2D eigenvalue weighted by Gasteiger charge is -2.27. The van der Waals surface area contributed by atoms with Crippen LogP contribution in [0, 0.1) is 0 Å². The van der Waals surface area contributed by atoms with Gasteiger partial charge in [0.25, 0.3) is 0 Å². The number of anilines is 1. The number of likely N-dealkylation sites (N-methyl/N-ethyl adjacent to an activating group) is 1. The Morgan fingerprint density at radius 1 is 1.15 bits per heavy atom. The molecule has 0 radical (unpaired) electrons. The Labute approximate surface area is 158 Å². The van der Waals surface area contributed by atoms with Gasteiger partial charge in [0, 0.05) is 37.5 Å². The first kappa shape index (κ1) is 17.4. The molecule has 0 spiro atoms. The molecule has 0 unspecified atom stereocenters. The number of amides is 2. The van der Waals surface area contributed by atoms with Crippen LogP contribution in [0.4, 0.5) is 5.82 Å². The van der Waals surface area contributed by atoms with Crippen LogP contribution in [0.15, 0.2) is 42.6 Å². The van der Waals surface area contributed by atoms with E-state index in [1.807, 2.05) is 35.0 Å². The average molecular weight is 362 g/mol. The van der Waals surface area contributed by atoms with Crippen molar-refractivity contribution in [2.24, 2.45) is 0 Å². The Balaban J connectivity index is 1.47. The van der Waals surface area contributed by atoms with E-state index >= 15 is 0 Å². The molecule has 0 saturated carbocycles. The molecule has 0 atom stereocenters. The van der Waals surface area contributed by atoms with E-state index in [2.05, 4.69) is 22.4 Å². The van der Waals surface area contributed by atoms with Gasteiger partial charge in [0.05, 0.1) is 6.54 Å². The van der Waals surface area contributed by atoms with Gasteiger partial charge in [-0.3, -0.25) is 14.5 Å². The highest BCUT2D eigenvalue weighted by Crippen LogP contribution is 2.21. The lowest BCUT2D eigenvalue weighted by Crippen LogP contribution is -2.34. The van der Waals surface area contributed by atoms with Crippen LogP contribution in [0.3, 0.4) is 0 Å². The molecule has 4 rings (SSSR count). The van der Waals surface area contributed by atoms with Crippen molar-refractivity contribution in [3.63, 3.8) is 0 Å². The summed E-state index contributed by atoms with van der Waals surface area (Å²) in [4.78, 5) is 32.5. The summed E-state index contributed by atoms with van der Waals surface area (Å²) in [5, 5.41) is 2.82. The van der Waals surface area contributed by atoms with Crippen LogP contribution in [-0.2, 0) is 29.1 Å². The van der Waals surface area contributed by atoms with E-state index in [-0.39, 0.29) is 11.8 Å². The number of fused-ring (bicyclic) bond motifs is 2. The fraction of sp³-hybridized carbons (Fsp3) is 0.286. The molecular weight excluding hydrogens is 340 g/mol. The monoisotopic (exact) mass is 362 g/mol. The van der Waals surface area contributed by atoms with Gasteiger partial charge in [-0.05, 0) is 42.3 Å². The molecule has 3 heterocycles. The fourth-order valence-corrected chi connectivity index (χ4v) is 3.57. The zero-order valence-corrected chi connectivity index (χ0v) is 15.3. The van der Waals surface area contributed by atoms with Crippen LogP contribution in [0.5, 0.6) is 0 Å². The van der Waals surface area contributed by atoms with E-state index in [0.717, 1.165) is 24.1 Å². The molecule has 0 aliphatic carbocycles. The van der Waals surface area contributed by atoms with Gasteiger partial charge in [-0.1, -0.05) is 24.3 Å². The molecule has 6 nitrogen and oxygen atoms in total. The number of rotatable bonds is 2. The smallest absolute Gasteiger partial charge is 0.246 e. The molecule has 6 heteroatoms. The highest BCUT2D eigenvalue weighted by molar-refractivity contribution is 5.93. The first-order valence-electron chi connectivity index (χ1n) is 9.09. The second-order valence-electron chi connectivity index (χ2n) is 7.11. The van der Waals surface area contributed by atoms with Crippen LogP contribution in [0.2, 0.25) is 0 Å². The first-order chi connectivity index (χ1) is 13.1. The van der Waals surface area contributed by atoms with Crippen LogP contribution in [-0.4, -0.2) is 46.7 Å². The van der Waals surface area contributed by atoms with Crippen molar-refractivity contribution in [3.8, 4) is 0 Å². The summed E-state index contributed by atoms with van der Waals surface area (Å²) >= 11 is 0. The normalized spacial score (nSPS) is 17.2. The zero-order valence-electron chi connectivity index (χ0n) is 15.3. The quantitative estimate of drug-likeness (QED) is 0.831. The highest BCUT2D eigenvalue weighted by Gasteiger charge is 2.19. The van der Waals surface area contributed by atoms with E-state index in [0.29, 0.717) is 25.5 Å². The molecule has 0 fully saturated rings. The molecule has 2 amide bonds. The average Bonchev–Trinajstić information content (AvgIpc) is 2.81. The molecule has 27 heavy (non-hydrogen) atoms. The number of carbonyl (C=O) groups is 2. The predicted molar refractivity (Wildman–Crippen MR) is 104 cm³/mol. The van der Waals surface area contributed by atoms with Crippen molar-refractivity contribution in [1.29, 1.82) is 0 Å². The Morgan fingerprint density at radius 3 is 2.81 bits per heavy atom.